The van der Waals surface area contributed by atoms with Crippen molar-refractivity contribution in [3.63, 3.8) is 0 Å². The Hall–Kier alpha value is -2.46. The molecule has 0 atom stereocenters. The van der Waals surface area contributed by atoms with E-state index in [-0.39, 0.29) is 0 Å². The molecule has 2 N–H and O–H groups in total. The number of aromatic nitrogens is 2. The summed E-state index contributed by atoms with van der Waals surface area (Å²) in [5, 5.41) is 9.48. The van der Waals surface area contributed by atoms with Crippen LogP contribution in [0.25, 0.3) is 0 Å². The maximum atomic E-state index is 8.96. The Morgan fingerprint density at radius 3 is 2.60 bits per heavy atom. The molecule has 0 aliphatic heterocycles. The zero-order valence-electron chi connectivity index (χ0n) is 11.0. The number of benzene rings is 1. The fourth-order valence-electron chi connectivity index (χ4n) is 1.50. The lowest BCUT2D eigenvalue weighted by molar-refractivity contribution is 0.406. The summed E-state index contributed by atoms with van der Waals surface area (Å²) in [6.45, 7) is 0. The third kappa shape index (κ3) is 3.30. The van der Waals surface area contributed by atoms with Gasteiger partial charge in [0, 0.05) is 12.1 Å². The van der Waals surface area contributed by atoms with Crippen LogP contribution in [0.4, 0.5) is 5.82 Å². The maximum Gasteiger partial charge on any atom is 0.225 e. The summed E-state index contributed by atoms with van der Waals surface area (Å²) in [5.41, 5.74) is 6.12. The van der Waals surface area contributed by atoms with Crippen molar-refractivity contribution in [2.24, 2.45) is 0 Å². The van der Waals surface area contributed by atoms with Gasteiger partial charge in [-0.05, 0) is 18.4 Å². The van der Waals surface area contributed by atoms with E-state index in [0.29, 0.717) is 33.9 Å². The number of nitrogens with two attached hydrogens (primary N) is 1. The third-order valence-corrected chi connectivity index (χ3v) is 2.90. The zero-order valence-corrected chi connectivity index (χ0v) is 11.8. The molecule has 20 heavy (non-hydrogen) atoms. The highest BCUT2D eigenvalue weighted by molar-refractivity contribution is 7.98. The molecule has 102 valence electrons. The number of nitrogen functional groups attached to an aromatic ring is 1. The summed E-state index contributed by atoms with van der Waals surface area (Å²) in [4.78, 5) is 8.22. The molecular formula is C13H12N4O2S. The quantitative estimate of drug-likeness (QED) is 0.682. The minimum absolute atomic E-state index is 0.319. The van der Waals surface area contributed by atoms with E-state index in [2.05, 4.69) is 9.97 Å². The smallest absolute Gasteiger partial charge is 0.225 e. The highest BCUT2D eigenvalue weighted by atomic mass is 32.2. The van der Waals surface area contributed by atoms with Crippen LogP contribution in [0.15, 0.2) is 29.4 Å². The number of rotatable bonds is 4. The summed E-state index contributed by atoms with van der Waals surface area (Å²) in [5.74, 6) is 1.62. The SMILES string of the molecule is COc1cc(C#N)cc(Oc2cc(N)nc(SC)n2)c1. The van der Waals surface area contributed by atoms with Crippen molar-refractivity contribution < 1.29 is 9.47 Å². The first-order chi connectivity index (χ1) is 9.64. The van der Waals surface area contributed by atoms with Crippen LogP contribution < -0.4 is 15.2 Å². The number of methoxy groups -OCH3 is 1. The van der Waals surface area contributed by atoms with Crippen molar-refractivity contribution in [1.82, 2.24) is 9.97 Å². The Morgan fingerprint density at radius 1 is 1.20 bits per heavy atom. The summed E-state index contributed by atoms with van der Waals surface area (Å²) < 4.78 is 10.7. The molecule has 0 radical (unpaired) electrons. The number of thioether (sulfide) groups is 1. The van der Waals surface area contributed by atoms with Crippen molar-refractivity contribution in [1.29, 1.82) is 5.26 Å². The van der Waals surface area contributed by atoms with E-state index in [1.165, 1.54) is 24.9 Å². The predicted octanol–water partition coefficient (Wildman–Crippen LogP) is 2.45. The molecule has 0 bridgehead atoms. The highest BCUT2D eigenvalue weighted by Crippen LogP contribution is 2.27. The molecule has 0 aliphatic carbocycles. The van der Waals surface area contributed by atoms with Crippen LogP contribution in [-0.4, -0.2) is 23.3 Å². The van der Waals surface area contributed by atoms with Crippen LogP contribution in [-0.2, 0) is 0 Å². The Kier molecular flexibility index (Phi) is 4.27. The van der Waals surface area contributed by atoms with Gasteiger partial charge in [0.15, 0.2) is 5.16 Å². The minimum Gasteiger partial charge on any atom is -0.497 e. The van der Waals surface area contributed by atoms with E-state index in [9.17, 15) is 0 Å². The van der Waals surface area contributed by atoms with Crippen molar-refractivity contribution in [2.45, 2.75) is 5.16 Å². The van der Waals surface area contributed by atoms with Gasteiger partial charge in [-0.25, -0.2) is 4.98 Å². The van der Waals surface area contributed by atoms with E-state index >= 15 is 0 Å². The number of ether oxygens (including phenoxy) is 2. The van der Waals surface area contributed by atoms with E-state index < -0.39 is 0 Å². The molecule has 0 saturated carbocycles. The van der Waals surface area contributed by atoms with Gasteiger partial charge in [0.1, 0.15) is 17.3 Å². The molecular weight excluding hydrogens is 276 g/mol. The first-order valence-corrected chi connectivity index (χ1v) is 6.82. The molecule has 7 heteroatoms. The summed E-state index contributed by atoms with van der Waals surface area (Å²) in [7, 11) is 1.52. The molecule has 1 heterocycles. The molecule has 6 nitrogen and oxygen atoms in total. The van der Waals surface area contributed by atoms with E-state index in [0.717, 1.165) is 0 Å². The molecule has 0 amide bonds. The average molecular weight is 288 g/mol. The number of hydrogen-bond acceptors (Lipinski definition) is 7. The van der Waals surface area contributed by atoms with Crippen molar-refractivity contribution in [3.8, 4) is 23.4 Å². The molecule has 0 saturated heterocycles. The molecule has 0 fully saturated rings. The second-order valence-electron chi connectivity index (χ2n) is 3.73. The average Bonchev–Trinajstić information content (AvgIpc) is 2.46. The normalized spacial score (nSPS) is 9.85. The van der Waals surface area contributed by atoms with Crippen LogP contribution in [0.1, 0.15) is 5.56 Å². The monoisotopic (exact) mass is 288 g/mol. The molecule has 2 rings (SSSR count). The summed E-state index contributed by atoms with van der Waals surface area (Å²) in [6.07, 6.45) is 1.85. The first-order valence-electron chi connectivity index (χ1n) is 5.60. The molecule has 1 aromatic carbocycles. The number of nitriles is 1. The lowest BCUT2D eigenvalue weighted by Crippen LogP contribution is -1.97. The standard InChI is InChI=1S/C13H12N4O2S/c1-18-9-3-8(7-14)4-10(5-9)19-12-6-11(15)16-13(17-12)20-2/h3-6H,1-2H3,(H2,15,16,17). The number of nitrogens with zero attached hydrogens (tertiary/aromatic N) is 3. The lowest BCUT2D eigenvalue weighted by Gasteiger charge is -2.08. The first kappa shape index (κ1) is 14.0. The fourth-order valence-corrected chi connectivity index (χ4v) is 1.88. The predicted molar refractivity (Wildman–Crippen MR) is 76.0 cm³/mol. The highest BCUT2D eigenvalue weighted by Gasteiger charge is 2.07. The topological polar surface area (TPSA) is 94.0 Å². The number of anilines is 1. The zero-order chi connectivity index (χ0) is 14.5. The van der Waals surface area contributed by atoms with E-state index in [1.807, 2.05) is 12.3 Å². The molecule has 2 aromatic rings. The Bertz CT molecular complexity index is 670. The van der Waals surface area contributed by atoms with Gasteiger partial charge in [0.2, 0.25) is 5.88 Å². The van der Waals surface area contributed by atoms with Crippen LogP contribution in [0, 0.1) is 11.3 Å². The van der Waals surface area contributed by atoms with Gasteiger partial charge in [0.25, 0.3) is 0 Å². The number of hydrogen-bond donors (Lipinski definition) is 1. The van der Waals surface area contributed by atoms with Gasteiger partial charge >= 0.3 is 0 Å². The van der Waals surface area contributed by atoms with Gasteiger partial charge in [-0.15, -0.1) is 0 Å². The van der Waals surface area contributed by atoms with Crippen LogP contribution in [0.3, 0.4) is 0 Å². The molecule has 0 spiro atoms. The summed E-state index contributed by atoms with van der Waals surface area (Å²) in [6, 6.07) is 8.44. The lowest BCUT2D eigenvalue weighted by atomic mass is 10.2. The van der Waals surface area contributed by atoms with Crippen molar-refractivity contribution in [2.75, 3.05) is 19.1 Å². The third-order valence-electron chi connectivity index (χ3n) is 2.35. The second-order valence-corrected chi connectivity index (χ2v) is 4.50. The van der Waals surface area contributed by atoms with Crippen molar-refractivity contribution in [3.05, 3.63) is 29.8 Å². The van der Waals surface area contributed by atoms with E-state index in [4.69, 9.17) is 20.5 Å². The Morgan fingerprint density at radius 2 is 1.95 bits per heavy atom. The van der Waals surface area contributed by atoms with Crippen LogP contribution >= 0.6 is 11.8 Å². The van der Waals surface area contributed by atoms with Gasteiger partial charge < -0.3 is 15.2 Å². The molecule has 1 aromatic heterocycles. The van der Waals surface area contributed by atoms with Gasteiger partial charge in [-0.2, -0.15) is 10.2 Å². The molecule has 0 aliphatic rings. The maximum absolute atomic E-state index is 8.96. The Balaban J connectivity index is 2.34. The van der Waals surface area contributed by atoms with Gasteiger partial charge in [-0.1, -0.05) is 11.8 Å². The molecule has 0 unspecified atom stereocenters. The van der Waals surface area contributed by atoms with Gasteiger partial charge in [0.05, 0.1) is 18.7 Å². The van der Waals surface area contributed by atoms with Crippen molar-refractivity contribution >= 4 is 17.6 Å². The summed E-state index contributed by atoms with van der Waals surface area (Å²) >= 11 is 1.36. The Labute approximate surface area is 120 Å². The minimum atomic E-state index is 0.319. The van der Waals surface area contributed by atoms with E-state index in [1.54, 1.807) is 18.2 Å². The fraction of sp³-hybridized carbons (Fsp3) is 0.154. The van der Waals surface area contributed by atoms with Gasteiger partial charge in [-0.3, -0.25) is 0 Å². The van der Waals surface area contributed by atoms with Crippen LogP contribution in [0.5, 0.6) is 17.4 Å². The van der Waals surface area contributed by atoms with Crippen LogP contribution in [0.2, 0.25) is 0 Å². The second kappa shape index (κ2) is 6.12. The largest absolute Gasteiger partial charge is 0.497 e.